The highest BCUT2D eigenvalue weighted by Gasteiger charge is 2.21. The maximum atomic E-state index is 5.92. The molecule has 1 aromatic carbocycles. The molecule has 0 amide bonds. The lowest BCUT2D eigenvalue weighted by Gasteiger charge is -2.13. The van der Waals surface area contributed by atoms with E-state index >= 15 is 0 Å². The predicted molar refractivity (Wildman–Crippen MR) is 71.5 cm³/mol. The second-order valence-corrected chi connectivity index (χ2v) is 5.18. The van der Waals surface area contributed by atoms with Crippen LogP contribution in [-0.4, -0.2) is 13.2 Å². The minimum atomic E-state index is 0.709. The van der Waals surface area contributed by atoms with Crippen molar-refractivity contribution in [3.8, 4) is 5.75 Å². The third-order valence-electron chi connectivity index (χ3n) is 3.42. The van der Waals surface area contributed by atoms with Gasteiger partial charge in [0.15, 0.2) is 0 Å². The summed E-state index contributed by atoms with van der Waals surface area (Å²) < 4.78 is 5.92. The van der Waals surface area contributed by atoms with Crippen LogP contribution in [-0.2, 0) is 6.42 Å². The topological polar surface area (TPSA) is 35.2 Å². The molecule has 0 radical (unpaired) electrons. The lowest BCUT2D eigenvalue weighted by atomic mass is 10.0. The summed E-state index contributed by atoms with van der Waals surface area (Å²) in [6, 6.07) is 4.40. The summed E-state index contributed by atoms with van der Waals surface area (Å²) in [5.74, 6) is 2.01. The van der Waals surface area contributed by atoms with Gasteiger partial charge in [-0.1, -0.05) is 25.0 Å². The van der Waals surface area contributed by atoms with Crippen LogP contribution in [0.3, 0.4) is 0 Å². The fourth-order valence-corrected chi connectivity index (χ4v) is 2.31. The Morgan fingerprint density at radius 3 is 2.41 bits per heavy atom. The van der Waals surface area contributed by atoms with Gasteiger partial charge in [-0.15, -0.1) is 0 Å². The van der Waals surface area contributed by atoms with E-state index in [1.807, 2.05) is 0 Å². The van der Waals surface area contributed by atoms with E-state index in [0.717, 1.165) is 24.7 Å². The van der Waals surface area contributed by atoms with Gasteiger partial charge in [0.05, 0.1) is 6.61 Å². The number of ether oxygens (including phenoxy) is 1. The molecule has 1 aliphatic carbocycles. The molecule has 1 saturated carbocycles. The summed E-state index contributed by atoms with van der Waals surface area (Å²) >= 11 is 0. The Morgan fingerprint density at radius 1 is 1.24 bits per heavy atom. The first-order valence-corrected chi connectivity index (χ1v) is 6.63. The average Bonchev–Trinajstić information content (AvgIpc) is 3.06. The van der Waals surface area contributed by atoms with Crippen molar-refractivity contribution in [3.05, 3.63) is 28.8 Å². The fourth-order valence-electron chi connectivity index (χ4n) is 2.31. The Kier molecular flexibility index (Phi) is 4.06. The molecule has 0 heterocycles. The van der Waals surface area contributed by atoms with E-state index in [1.54, 1.807) is 0 Å². The van der Waals surface area contributed by atoms with Crippen LogP contribution in [0.5, 0.6) is 5.75 Å². The second kappa shape index (κ2) is 5.54. The number of hydrogen-bond acceptors (Lipinski definition) is 2. The molecule has 0 saturated heterocycles. The van der Waals surface area contributed by atoms with E-state index < -0.39 is 0 Å². The molecule has 0 aliphatic heterocycles. The first-order valence-electron chi connectivity index (χ1n) is 6.63. The largest absolute Gasteiger partial charge is 0.493 e. The van der Waals surface area contributed by atoms with Crippen LogP contribution >= 0.6 is 0 Å². The first kappa shape index (κ1) is 12.4. The van der Waals surface area contributed by atoms with E-state index in [-0.39, 0.29) is 0 Å². The van der Waals surface area contributed by atoms with Crippen molar-refractivity contribution in [1.29, 1.82) is 0 Å². The lowest BCUT2D eigenvalue weighted by molar-refractivity contribution is 0.298. The highest BCUT2D eigenvalue weighted by Crippen LogP contribution is 2.33. The molecular weight excluding hydrogens is 210 g/mol. The molecule has 0 atom stereocenters. The van der Waals surface area contributed by atoms with Crippen molar-refractivity contribution < 1.29 is 4.74 Å². The van der Waals surface area contributed by atoms with Gasteiger partial charge in [0.2, 0.25) is 0 Å². The summed E-state index contributed by atoms with van der Waals surface area (Å²) in [7, 11) is 0. The lowest BCUT2D eigenvalue weighted by Crippen LogP contribution is -2.05. The minimum Gasteiger partial charge on any atom is -0.493 e. The van der Waals surface area contributed by atoms with E-state index in [2.05, 4.69) is 26.0 Å². The van der Waals surface area contributed by atoms with Crippen molar-refractivity contribution in [2.24, 2.45) is 11.7 Å². The van der Waals surface area contributed by atoms with Crippen molar-refractivity contribution >= 4 is 0 Å². The molecule has 1 aromatic rings. The van der Waals surface area contributed by atoms with Crippen molar-refractivity contribution in [1.82, 2.24) is 0 Å². The Balaban J connectivity index is 1.99. The standard InChI is InChI=1S/C15H23NO/c1-11-9-14(5-7-16)10-12(2)15(11)17-8-6-13-3-4-13/h9-10,13H,3-8,16H2,1-2H3. The third-order valence-corrected chi connectivity index (χ3v) is 3.42. The summed E-state index contributed by atoms with van der Waals surface area (Å²) in [6.45, 7) is 5.82. The molecule has 1 fully saturated rings. The highest BCUT2D eigenvalue weighted by atomic mass is 16.5. The number of hydrogen-bond donors (Lipinski definition) is 1. The van der Waals surface area contributed by atoms with E-state index in [0.29, 0.717) is 6.54 Å². The highest BCUT2D eigenvalue weighted by molar-refractivity contribution is 5.43. The smallest absolute Gasteiger partial charge is 0.125 e. The quantitative estimate of drug-likeness (QED) is 0.820. The van der Waals surface area contributed by atoms with Gasteiger partial charge in [-0.2, -0.15) is 0 Å². The second-order valence-electron chi connectivity index (χ2n) is 5.18. The molecule has 1 aliphatic rings. The number of aryl methyl sites for hydroxylation is 2. The monoisotopic (exact) mass is 233 g/mol. The SMILES string of the molecule is Cc1cc(CCN)cc(C)c1OCCC1CC1. The Bertz CT molecular complexity index is 360. The predicted octanol–water partition coefficient (Wildman–Crippen LogP) is 2.98. The van der Waals surface area contributed by atoms with Gasteiger partial charge in [-0.05, 0) is 55.8 Å². The molecule has 0 unspecified atom stereocenters. The zero-order valence-electron chi connectivity index (χ0n) is 11.0. The molecule has 0 bridgehead atoms. The van der Waals surface area contributed by atoms with Crippen molar-refractivity contribution in [3.63, 3.8) is 0 Å². The summed E-state index contributed by atoms with van der Waals surface area (Å²) in [6.07, 6.45) is 4.96. The first-order chi connectivity index (χ1) is 8.20. The van der Waals surface area contributed by atoms with E-state index in [1.165, 1.54) is 36.0 Å². The van der Waals surface area contributed by atoms with Gasteiger partial charge in [-0.25, -0.2) is 0 Å². The van der Waals surface area contributed by atoms with Crippen LogP contribution in [0.25, 0.3) is 0 Å². The molecule has 0 aromatic heterocycles. The van der Waals surface area contributed by atoms with Gasteiger partial charge in [0, 0.05) is 0 Å². The Morgan fingerprint density at radius 2 is 1.88 bits per heavy atom. The van der Waals surface area contributed by atoms with E-state index in [4.69, 9.17) is 10.5 Å². The van der Waals surface area contributed by atoms with Crippen LogP contribution in [0.2, 0.25) is 0 Å². The molecule has 2 heteroatoms. The van der Waals surface area contributed by atoms with Gasteiger partial charge >= 0.3 is 0 Å². The zero-order chi connectivity index (χ0) is 12.3. The molecule has 2 nitrogen and oxygen atoms in total. The van der Waals surface area contributed by atoms with Crippen LogP contribution in [0.15, 0.2) is 12.1 Å². The number of nitrogens with two attached hydrogens (primary N) is 1. The van der Waals surface area contributed by atoms with Gasteiger partial charge in [0.25, 0.3) is 0 Å². The number of benzene rings is 1. The minimum absolute atomic E-state index is 0.709. The third kappa shape index (κ3) is 3.47. The molecular formula is C15H23NO. The van der Waals surface area contributed by atoms with Crippen LogP contribution < -0.4 is 10.5 Å². The van der Waals surface area contributed by atoms with Crippen LogP contribution in [0, 0.1) is 19.8 Å². The molecule has 2 N–H and O–H groups in total. The summed E-state index contributed by atoms with van der Waals surface area (Å²) in [5, 5.41) is 0. The summed E-state index contributed by atoms with van der Waals surface area (Å²) in [4.78, 5) is 0. The Labute approximate surface area is 104 Å². The Hall–Kier alpha value is -1.02. The fraction of sp³-hybridized carbons (Fsp3) is 0.600. The van der Waals surface area contributed by atoms with Crippen LogP contribution in [0.1, 0.15) is 36.0 Å². The normalized spacial score (nSPS) is 15.0. The van der Waals surface area contributed by atoms with Gasteiger partial charge in [0.1, 0.15) is 5.75 Å². The molecule has 17 heavy (non-hydrogen) atoms. The molecule has 2 rings (SSSR count). The average molecular weight is 233 g/mol. The molecule has 0 spiro atoms. The van der Waals surface area contributed by atoms with Crippen molar-refractivity contribution in [2.45, 2.75) is 39.5 Å². The maximum Gasteiger partial charge on any atom is 0.125 e. The maximum absolute atomic E-state index is 5.92. The van der Waals surface area contributed by atoms with Crippen molar-refractivity contribution in [2.75, 3.05) is 13.2 Å². The number of rotatable bonds is 6. The summed E-state index contributed by atoms with van der Waals surface area (Å²) in [5.41, 5.74) is 9.38. The van der Waals surface area contributed by atoms with Gasteiger partial charge < -0.3 is 10.5 Å². The van der Waals surface area contributed by atoms with Crippen LogP contribution in [0.4, 0.5) is 0 Å². The van der Waals surface area contributed by atoms with Gasteiger partial charge in [-0.3, -0.25) is 0 Å². The van der Waals surface area contributed by atoms with E-state index in [9.17, 15) is 0 Å². The zero-order valence-corrected chi connectivity index (χ0v) is 11.0. The molecule has 94 valence electrons.